The summed E-state index contributed by atoms with van der Waals surface area (Å²) in [4.78, 5) is 23.3. The second-order valence-corrected chi connectivity index (χ2v) is 5.24. The highest BCUT2D eigenvalue weighted by Crippen LogP contribution is 2.17. The number of rotatable bonds is 4. The van der Waals surface area contributed by atoms with Crippen LogP contribution < -0.4 is 16.4 Å². The summed E-state index contributed by atoms with van der Waals surface area (Å²) in [5.41, 5.74) is 7.17. The first kappa shape index (κ1) is 16.5. The molecule has 0 aliphatic rings. The van der Waals surface area contributed by atoms with Crippen LogP contribution in [0.4, 0.5) is 14.9 Å². The van der Waals surface area contributed by atoms with Gasteiger partial charge in [0.05, 0.1) is 6.04 Å². The van der Waals surface area contributed by atoms with Crippen LogP contribution in [0.5, 0.6) is 0 Å². The lowest BCUT2D eigenvalue weighted by molar-refractivity contribution is 0.0999. The van der Waals surface area contributed by atoms with E-state index in [0.717, 1.165) is 5.56 Å². The molecule has 0 aliphatic carbocycles. The van der Waals surface area contributed by atoms with Gasteiger partial charge in [-0.15, -0.1) is 0 Å². The van der Waals surface area contributed by atoms with Crippen molar-refractivity contribution in [3.63, 3.8) is 0 Å². The Kier molecular flexibility index (Phi) is 4.95. The van der Waals surface area contributed by atoms with E-state index in [-0.39, 0.29) is 5.82 Å². The van der Waals surface area contributed by atoms with E-state index in [2.05, 4.69) is 10.6 Å². The fourth-order valence-corrected chi connectivity index (χ4v) is 2.23. The lowest BCUT2D eigenvalue weighted by Crippen LogP contribution is -2.31. The van der Waals surface area contributed by atoms with Gasteiger partial charge in [-0.3, -0.25) is 4.79 Å². The van der Waals surface area contributed by atoms with Crippen LogP contribution in [0.15, 0.2) is 42.5 Å². The third kappa shape index (κ3) is 4.06. The molecule has 0 saturated carbocycles. The highest BCUT2D eigenvalue weighted by molar-refractivity contribution is 5.97. The summed E-state index contributed by atoms with van der Waals surface area (Å²) in [5, 5.41) is 5.25. The molecule has 1 unspecified atom stereocenters. The van der Waals surface area contributed by atoms with Crippen molar-refractivity contribution in [2.45, 2.75) is 19.9 Å². The van der Waals surface area contributed by atoms with Crippen LogP contribution in [0.25, 0.3) is 0 Å². The van der Waals surface area contributed by atoms with Gasteiger partial charge in [0, 0.05) is 16.8 Å². The molecule has 0 aliphatic heterocycles. The smallest absolute Gasteiger partial charge is 0.319 e. The summed E-state index contributed by atoms with van der Waals surface area (Å²) >= 11 is 0. The van der Waals surface area contributed by atoms with Crippen molar-refractivity contribution >= 4 is 17.6 Å². The first-order chi connectivity index (χ1) is 10.9. The van der Waals surface area contributed by atoms with Gasteiger partial charge in [-0.25, -0.2) is 9.18 Å². The number of primary amides is 1. The number of hydrogen-bond acceptors (Lipinski definition) is 2. The summed E-state index contributed by atoms with van der Waals surface area (Å²) in [7, 11) is 0. The molecular formula is C17H18FN3O2. The van der Waals surface area contributed by atoms with Crippen molar-refractivity contribution in [2.75, 3.05) is 5.32 Å². The largest absolute Gasteiger partial charge is 0.366 e. The monoisotopic (exact) mass is 315 g/mol. The number of urea groups is 1. The molecule has 0 fully saturated rings. The molecule has 2 aromatic rings. The Morgan fingerprint density at radius 3 is 2.52 bits per heavy atom. The molecule has 120 valence electrons. The number of halogens is 1. The molecule has 5 nitrogen and oxygen atoms in total. The number of benzene rings is 2. The number of nitrogens with one attached hydrogen (secondary N) is 2. The number of hydrogen-bond donors (Lipinski definition) is 3. The minimum Gasteiger partial charge on any atom is -0.366 e. The zero-order chi connectivity index (χ0) is 17.0. The summed E-state index contributed by atoms with van der Waals surface area (Å²) in [6, 6.07) is 10.1. The van der Waals surface area contributed by atoms with Crippen molar-refractivity contribution in [2.24, 2.45) is 5.73 Å². The van der Waals surface area contributed by atoms with Gasteiger partial charge in [-0.1, -0.05) is 24.3 Å². The molecule has 0 aromatic heterocycles. The highest BCUT2D eigenvalue weighted by Gasteiger charge is 2.14. The maximum absolute atomic E-state index is 13.7. The molecule has 0 spiro atoms. The van der Waals surface area contributed by atoms with Crippen LogP contribution in [0, 0.1) is 12.7 Å². The third-order valence-electron chi connectivity index (χ3n) is 3.48. The van der Waals surface area contributed by atoms with Gasteiger partial charge < -0.3 is 16.4 Å². The lowest BCUT2D eigenvalue weighted by Gasteiger charge is -2.16. The first-order valence-electron chi connectivity index (χ1n) is 7.11. The van der Waals surface area contributed by atoms with Crippen LogP contribution in [0.1, 0.15) is 34.5 Å². The molecule has 0 radical (unpaired) electrons. The molecule has 0 bridgehead atoms. The highest BCUT2D eigenvalue weighted by atomic mass is 19.1. The molecule has 23 heavy (non-hydrogen) atoms. The van der Waals surface area contributed by atoms with E-state index in [9.17, 15) is 14.0 Å². The molecule has 0 saturated heterocycles. The number of anilines is 1. The number of carbonyl (C=O) groups excluding carboxylic acids is 2. The van der Waals surface area contributed by atoms with E-state index in [1.165, 1.54) is 12.1 Å². The topological polar surface area (TPSA) is 84.2 Å². The van der Waals surface area contributed by atoms with Gasteiger partial charge >= 0.3 is 6.03 Å². The van der Waals surface area contributed by atoms with E-state index < -0.39 is 18.0 Å². The number of amides is 3. The van der Waals surface area contributed by atoms with E-state index in [1.54, 1.807) is 44.2 Å². The van der Waals surface area contributed by atoms with Crippen molar-refractivity contribution in [1.29, 1.82) is 0 Å². The Balaban J connectivity index is 2.07. The summed E-state index contributed by atoms with van der Waals surface area (Å²) in [5.74, 6) is -0.946. The van der Waals surface area contributed by atoms with Crippen LogP contribution >= 0.6 is 0 Å². The van der Waals surface area contributed by atoms with Crippen molar-refractivity contribution in [3.05, 3.63) is 65.0 Å². The average molecular weight is 315 g/mol. The maximum Gasteiger partial charge on any atom is 0.319 e. The van der Waals surface area contributed by atoms with Gasteiger partial charge in [0.2, 0.25) is 5.91 Å². The predicted molar refractivity (Wildman–Crippen MR) is 86.7 cm³/mol. The second kappa shape index (κ2) is 6.91. The van der Waals surface area contributed by atoms with Gasteiger partial charge in [-0.2, -0.15) is 0 Å². The molecule has 0 heterocycles. The van der Waals surface area contributed by atoms with E-state index in [0.29, 0.717) is 16.8 Å². The number of carbonyl (C=O) groups is 2. The van der Waals surface area contributed by atoms with Crippen LogP contribution in [-0.4, -0.2) is 11.9 Å². The van der Waals surface area contributed by atoms with Crippen molar-refractivity contribution in [1.82, 2.24) is 5.32 Å². The Hall–Kier alpha value is -2.89. The Morgan fingerprint density at radius 2 is 1.87 bits per heavy atom. The van der Waals surface area contributed by atoms with E-state index in [4.69, 9.17) is 5.73 Å². The van der Waals surface area contributed by atoms with Crippen molar-refractivity contribution in [3.8, 4) is 0 Å². The third-order valence-corrected chi connectivity index (χ3v) is 3.48. The molecule has 6 heteroatoms. The summed E-state index contributed by atoms with van der Waals surface area (Å²) in [6.07, 6.45) is 0. The van der Waals surface area contributed by atoms with Gasteiger partial charge in [0.15, 0.2) is 0 Å². The summed E-state index contributed by atoms with van der Waals surface area (Å²) in [6.45, 7) is 3.44. The fraction of sp³-hybridized carbons (Fsp3) is 0.176. The molecule has 2 rings (SSSR count). The first-order valence-corrected chi connectivity index (χ1v) is 7.11. The molecule has 1 atom stereocenters. The van der Waals surface area contributed by atoms with E-state index >= 15 is 0 Å². The van der Waals surface area contributed by atoms with Gasteiger partial charge in [0.25, 0.3) is 0 Å². The molecule has 3 amide bonds. The summed E-state index contributed by atoms with van der Waals surface area (Å²) < 4.78 is 13.7. The zero-order valence-electron chi connectivity index (χ0n) is 12.9. The lowest BCUT2D eigenvalue weighted by atomic mass is 10.1. The van der Waals surface area contributed by atoms with Crippen LogP contribution in [-0.2, 0) is 0 Å². The normalized spacial score (nSPS) is 11.6. The number of aryl methyl sites for hydroxylation is 1. The Bertz CT molecular complexity index is 746. The second-order valence-electron chi connectivity index (χ2n) is 5.24. The maximum atomic E-state index is 13.7. The minimum atomic E-state index is -0.564. The van der Waals surface area contributed by atoms with Crippen molar-refractivity contribution < 1.29 is 14.0 Å². The quantitative estimate of drug-likeness (QED) is 0.810. The SMILES string of the molecule is Cc1ccc(NC(=O)NC(C)c2ccccc2F)cc1C(N)=O. The van der Waals surface area contributed by atoms with Crippen LogP contribution in [0.2, 0.25) is 0 Å². The number of nitrogens with two attached hydrogens (primary N) is 1. The van der Waals surface area contributed by atoms with Gasteiger partial charge in [-0.05, 0) is 37.6 Å². The van der Waals surface area contributed by atoms with Crippen LogP contribution in [0.3, 0.4) is 0 Å². The zero-order valence-corrected chi connectivity index (χ0v) is 12.9. The fourth-order valence-electron chi connectivity index (χ4n) is 2.23. The van der Waals surface area contributed by atoms with E-state index in [1.807, 2.05) is 0 Å². The Labute approximate surface area is 133 Å². The molecular weight excluding hydrogens is 297 g/mol. The molecule has 2 aromatic carbocycles. The predicted octanol–water partition coefficient (Wildman–Crippen LogP) is 3.12. The Morgan fingerprint density at radius 1 is 1.17 bits per heavy atom. The molecule has 4 N–H and O–H groups in total. The van der Waals surface area contributed by atoms with Gasteiger partial charge in [0.1, 0.15) is 5.82 Å². The average Bonchev–Trinajstić information content (AvgIpc) is 2.49. The standard InChI is InChI=1S/C17H18FN3O2/c1-10-7-8-12(9-14(10)16(19)22)21-17(23)20-11(2)13-5-3-4-6-15(13)18/h3-9,11H,1-2H3,(H2,19,22)(H2,20,21,23). The minimum absolute atomic E-state index is 0.338.